The van der Waals surface area contributed by atoms with Crippen molar-refractivity contribution in [3.8, 4) is 5.75 Å². The average molecular weight is 472 g/mol. The van der Waals surface area contributed by atoms with Crippen LogP contribution in [-0.4, -0.2) is 37.6 Å². The van der Waals surface area contributed by atoms with Gasteiger partial charge in [0.15, 0.2) is 23.3 Å². The second kappa shape index (κ2) is 13.1. The molecular weight excluding hydrogens is 446 g/mol. The third-order valence-electron chi connectivity index (χ3n) is 4.14. The molecule has 5 nitrogen and oxygen atoms in total. The number of thioether (sulfide) groups is 1. The second-order valence-electron chi connectivity index (χ2n) is 6.70. The first-order chi connectivity index (χ1) is 15.4. The smallest absolute Gasteiger partial charge is 0.244 e. The van der Waals surface area contributed by atoms with Crippen molar-refractivity contribution in [2.45, 2.75) is 30.4 Å². The molecule has 0 radical (unpaired) electrons. The van der Waals surface area contributed by atoms with E-state index in [1.807, 2.05) is 14.0 Å². The molecule has 0 aliphatic rings. The molecule has 1 amide bonds. The number of rotatable bonds is 12. The van der Waals surface area contributed by atoms with Gasteiger partial charge in [-0.2, -0.15) is 0 Å². The summed E-state index contributed by atoms with van der Waals surface area (Å²) in [6, 6.07) is 3.38. The number of nitrogens with one attached hydrogen (secondary N) is 2. The highest BCUT2D eigenvalue weighted by atomic mass is 32.2. The predicted molar refractivity (Wildman–Crippen MR) is 116 cm³/mol. The first-order valence-electron chi connectivity index (χ1n) is 10.1. The number of ether oxygens (including phenoxy) is 1. The molecule has 174 valence electrons. The molecule has 0 saturated carbocycles. The van der Waals surface area contributed by atoms with E-state index in [-0.39, 0.29) is 17.7 Å². The molecule has 2 rings (SSSR count). The minimum Gasteiger partial charge on any atom is -0.491 e. The molecule has 1 aromatic carbocycles. The van der Waals surface area contributed by atoms with Crippen molar-refractivity contribution in [1.29, 1.82) is 0 Å². The molecule has 1 heterocycles. The number of carbonyl (C=O) groups excluding carboxylic acids is 1. The first-order valence-corrected chi connectivity index (χ1v) is 11.0. The lowest BCUT2D eigenvalue weighted by atomic mass is 10.2. The van der Waals surface area contributed by atoms with E-state index < -0.39 is 28.2 Å². The highest BCUT2D eigenvalue weighted by Gasteiger charge is 2.20. The first kappa shape index (κ1) is 25.7. The van der Waals surface area contributed by atoms with Crippen molar-refractivity contribution in [2.24, 2.45) is 0 Å². The Morgan fingerprint density at radius 3 is 2.53 bits per heavy atom. The van der Waals surface area contributed by atoms with Gasteiger partial charge in [0, 0.05) is 24.4 Å². The van der Waals surface area contributed by atoms with E-state index in [0.29, 0.717) is 42.1 Å². The summed E-state index contributed by atoms with van der Waals surface area (Å²) in [7, 11) is 1.82. The number of benzene rings is 1. The molecule has 0 aliphatic carbocycles. The number of hydrogen-bond donors (Lipinski definition) is 2. The zero-order chi connectivity index (χ0) is 23.5. The fourth-order valence-corrected chi connectivity index (χ4v) is 3.45. The van der Waals surface area contributed by atoms with Crippen LogP contribution >= 0.6 is 11.8 Å². The number of aromatic nitrogens is 1. The van der Waals surface area contributed by atoms with E-state index in [2.05, 4.69) is 15.6 Å². The summed E-state index contributed by atoms with van der Waals surface area (Å²) in [6.45, 7) is 3.66. The SMILES string of the molecule is CCCOc1ccc(CSc2c(F)c(F)cc(F)c2F)nc1/C=C/C(=O)NCCCNC. The molecule has 2 aromatic rings. The van der Waals surface area contributed by atoms with Gasteiger partial charge < -0.3 is 15.4 Å². The van der Waals surface area contributed by atoms with Crippen LogP contribution < -0.4 is 15.4 Å². The van der Waals surface area contributed by atoms with Gasteiger partial charge in [-0.3, -0.25) is 4.79 Å². The lowest BCUT2D eigenvalue weighted by molar-refractivity contribution is -0.116. The van der Waals surface area contributed by atoms with Gasteiger partial charge in [0.2, 0.25) is 5.91 Å². The van der Waals surface area contributed by atoms with Crippen LogP contribution in [0.4, 0.5) is 17.6 Å². The van der Waals surface area contributed by atoms with Crippen molar-refractivity contribution in [1.82, 2.24) is 15.6 Å². The molecule has 0 saturated heterocycles. The lowest BCUT2D eigenvalue weighted by Crippen LogP contribution is -2.24. The van der Waals surface area contributed by atoms with E-state index in [9.17, 15) is 22.4 Å². The topological polar surface area (TPSA) is 63.2 Å². The number of nitrogens with zero attached hydrogens (tertiary/aromatic N) is 1. The average Bonchev–Trinajstić information content (AvgIpc) is 2.78. The van der Waals surface area contributed by atoms with Crippen LogP contribution in [0.2, 0.25) is 0 Å². The number of hydrogen-bond acceptors (Lipinski definition) is 5. The van der Waals surface area contributed by atoms with E-state index >= 15 is 0 Å². The molecule has 0 spiro atoms. The van der Waals surface area contributed by atoms with Gasteiger partial charge in [-0.05, 0) is 44.6 Å². The Bertz CT molecular complexity index is 931. The number of carbonyl (C=O) groups is 1. The largest absolute Gasteiger partial charge is 0.491 e. The number of halogens is 4. The van der Waals surface area contributed by atoms with Crippen molar-refractivity contribution in [3.63, 3.8) is 0 Å². The Morgan fingerprint density at radius 2 is 1.88 bits per heavy atom. The van der Waals surface area contributed by atoms with Crippen LogP contribution in [0.3, 0.4) is 0 Å². The molecule has 0 aliphatic heterocycles. The van der Waals surface area contributed by atoms with Gasteiger partial charge in [0.25, 0.3) is 0 Å². The molecule has 32 heavy (non-hydrogen) atoms. The Labute approximate surface area is 188 Å². The molecular formula is C22H25F4N3O2S. The van der Waals surface area contributed by atoms with Crippen LogP contribution in [0, 0.1) is 23.3 Å². The van der Waals surface area contributed by atoms with E-state index in [1.165, 1.54) is 12.2 Å². The monoisotopic (exact) mass is 471 g/mol. The fraction of sp³-hybridized carbons (Fsp3) is 0.364. The van der Waals surface area contributed by atoms with E-state index in [4.69, 9.17) is 4.74 Å². The highest BCUT2D eigenvalue weighted by Crippen LogP contribution is 2.31. The molecule has 10 heteroatoms. The Morgan fingerprint density at radius 1 is 1.16 bits per heavy atom. The second-order valence-corrected chi connectivity index (χ2v) is 7.69. The van der Waals surface area contributed by atoms with Crippen LogP contribution in [0.25, 0.3) is 6.08 Å². The summed E-state index contributed by atoms with van der Waals surface area (Å²) in [5.41, 5.74) is 0.740. The van der Waals surface area contributed by atoms with Gasteiger partial charge in [-0.25, -0.2) is 22.5 Å². The summed E-state index contributed by atoms with van der Waals surface area (Å²) < 4.78 is 60.2. The fourth-order valence-electron chi connectivity index (χ4n) is 2.55. The standard InChI is InChI=1S/C22H25F4N3O2S/c1-3-11-31-18-7-5-14(13-32-22-20(25)15(23)12-16(24)21(22)26)29-17(18)6-8-19(30)28-10-4-9-27-2/h5-8,12,27H,3-4,9-11,13H2,1-2H3,(H,28,30)/b8-6+. The Kier molecular flexibility index (Phi) is 10.5. The normalized spacial score (nSPS) is 11.2. The minimum atomic E-state index is -1.47. The van der Waals surface area contributed by atoms with Crippen LogP contribution in [0.1, 0.15) is 31.2 Å². The molecule has 0 unspecified atom stereocenters. The molecule has 2 N–H and O–H groups in total. The zero-order valence-electron chi connectivity index (χ0n) is 17.8. The summed E-state index contributed by atoms with van der Waals surface area (Å²) >= 11 is 0.585. The maximum absolute atomic E-state index is 13.9. The quantitative estimate of drug-likeness (QED) is 0.157. The van der Waals surface area contributed by atoms with Gasteiger partial charge in [-0.15, -0.1) is 11.8 Å². The van der Waals surface area contributed by atoms with Crippen LogP contribution in [-0.2, 0) is 10.5 Å². The van der Waals surface area contributed by atoms with Crippen molar-refractivity contribution >= 4 is 23.7 Å². The van der Waals surface area contributed by atoms with Crippen molar-refractivity contribution < 1.29 is 27.1 Å². The lowest BCUT2D eigenvalue weighted by Gasteiger charge is -2.10. The van der Waals surface area contributed by atoms with Crippen molar-refractivity contribution in [3.05, 3.63) is 58.9 Å². The third kappa shape index (κ3) is 7.52. The summed E-state index contributed by atoms with van der Waals surface area (Å²) in [4.78, 5) is 15.6. The highest BCUT2D eigenvalue weighted by molar-refractivity contribution is 7.98. The minimum absolute atomic E-state index is 0.0537. The number of pyridine rings is 1. The zero-order valence-corrected chi connectivity index (χ0v) is 18.6. The summed E-state index contributed by atoms with van der Waals surface area (Å²) in [5, 5.41) is 5.72. The summed E-state index contributed by atoms with van der Waals surface area (Å²) in [6.07, 6.45) is 4.34. The molecule has 0 fully saturated rings. The van der Waals surface area contributed by atoms with Gasteiger partial charge in [0.05, 0.1) is 17.2 Å². The van der Waals surface area contributed by atoms with Crippen LogP contribution in [0.5, 0.6) is 5.75 Å². The molecule has 1 aromatic heterocycles. The van der Waals surface area contributed by atoms with Gasteiger partial charge in [-0.1, -0.05) is 6.92 Å². The van der Waals surface area contributed by atoms with Gasteiger partial charge in [0.1, 0.15) is 11.4 Å². The molecule has 0 bridgehead atoms. The van der Waals surface area contributed by atoms with Crippen LogP contribution in [0.15, 0.2) is 29.2 Å². The Balaban J connectivity index is 2.16. The summed E-state index contributed by atoms with van der Waals surface area (Å²) in [5.74, 6) is -5.75. The maximum Gasteiger partial charge on any atom is 0.244 e. The Hall–Kier alpha value is -2.59. The van der Waals surface area contributed by atoms with Crippen molar-refractivity contribution in [2.75, 3.05) is 26.7 Å². The van der Waals surface area contributed by atoms with Gasteiger partial charge >= 0.3 is 0 Å². The van der Waals surface area contributed by atoms with E-state index in [1.54, 1.807) is 12.1 Å². The number of amides is 1. The maximum atomic E-state index is 13.9. The molecule has 0 atom stereocenters. The predicted octanol–water partition coefficient (Wildman–Crippen LogP) is 4.46. The third-order valence-corrected chi connectivity index (χ3v) is 5.22. The van der Waals surface area contributed by atoms with E-state index in [0.717, 1.165) is 19.4 Å².